The molecule has 1 aliphatic rings. The fraction of sp³-hybridized carbons (Fsp3) is 0.211. The number of para-hydroxylation sites is 1. The van der Waals surface area contributed by atoms with Crippen LogP contribution >= 0.6 is 0 Å². The Morgan fingerprint density at radius 2 is 1.73 bits per heavy atom. The van der Waals surface area contributed by atoms with Gasteiger partial charge in [-0.15, -0.1) is 0 Å². The van der Waals surface area contributed by atoms with Crippen molar-refractivity contribution in [2.75, 3.05) is 0 Å². The third-order valence-electron chi connectivity index (χ3n) is 4.26. The molecule has 0 radical (unpaired) electrons. The van der Waals surface area contributed by atoms with Gasteiger partial charge in [0.25, 0.3) is 5.95 Å². The lowest BCUT2D eigenvalue weighted by Gasteiger charge is -2.30. The predicted octanol–water partition coefficient (Wildman–Crippen LogP) is 4.11. The highest BCUT2D eigenvalue weighted by molar-refractivity contribution is 5.77. The van der Waals surface area contributed by atoms with E-state index in [9.17, 15) is 4.79 Å². The average molecular weight is 292 g/mol. The lowest BCUT2D eigenvalue weighted by Crippen LogP contribution is -2.27. The summed E-state index contributed by atoms with van der Waals surface area (Å²) >= 11 is 0. The first kappa shape index (κ1) is 13.1. The van der Waals surface area contributed by atoms with Crippen LogP contribution in [-0.4, -0.2) is 0 Å². The molecule has 4 rings (SSSR count). The molecule has 1 aromatic heterocycles. The largest absolute Gasteiger partial charge is 0.456 e. The van der Waals surface area contributed by atoms with Gasteiger partial charge in [-0.2, -0.15) is 0 Å². The van der Waals surface area contributed by atoms with Crippen LogP contribution in [0.2, 0.25) is 0 Å². The second-order valence-electron chi connectivity index (χ2n) is 5.82. The second-order valence-corrected chi connectivity index (χ2v) is 5.82. The molecule has 0 saturated carbocycles. The van der Waals surface area contributed by atoms with Crippen molar-refractivity contribution in [3.63, 3.8) is 0 Å². The van der Waals surface area contributed by atoms with Crippen LogP contribution in [-0.2, 0) is 6.42 Å². The molecule has 2 aromatic carbocycles. The molecule has 110 valence electrons. The van der Waals surface area contributed by atoms with Crippen molar-refractivity contribution >= 4 is 11.0 Å². The van der Waals surface area contributed by atoms with E-state index in [1.165, 1.54) is 0 Å². The van der Waals surface area contributed by atoms with Gasteiger partial charge in [0.2, 0.25) is 0 Å². The van der Waals surface area contributed by atoms with Crippen LogP contribution in [0.3, 0.4) is 0 Å². The predicted molar refractivity (Wildman–Crippen MR) is 85.2 cm³/mol. The maximum atomic E-state index is 12.6. The summed E-state index contributed by atoms with van der Waals surface area (Å²) in [7, 11) is 0. The van der Waals surface area contributed by atoms with Crippen molar-refractivity contribution in [1.29, 1.82) is 0 Å². The minimum Gasteiger partial charge on any atom is -0.456 e. The van der Waals surface area contributed by atoms with Crippen molar-refractivity contribution in [2.24, 2.45) is 5.92 Å². The molecule has 3 nitrogen and oxygen atoms in total. The quantitative estimate of drug-likeness (QED) is 0.677. The van der Waals surface area contributed by atoms with Gasteiger partial charge >= 0.3 is 0 Å². The van der Waals surface area contributed by atoms with E-state index in [1.807, 2.05) is 42.5 Å². The van der Waals surface area contributed by atoms with E-state index in [1.54, 1.807) is 12.1 Å². The van der Waals surface area contributed by atoms with Gasteiger partial charge < -0.3 is 9.15 Å². The Bertz CT molecular complexity index is 880. The van der Waals surface area contributed by atoms with E-state index in [4.69, 9.17) is 9.15 Å². The molecule has 0 aliphatic carbocycles. The van der Waals surface area contributed by atoms with Crippen molar-refractivity contribution in [3.05, 3.63) is 75.9 Å². The summed E-state index contributed by atoms with van der Waals surface area (Å²) in [5.41, 5.74) is 2.36. The van der Waals surface area contributed by atoms with Crippen LogP contribution in [0.1, 0.15) is 24.2 Å². The van der Waals surface area contributed by atoms with Crippen molar-refractivity contribution in [1.82, 2.24) is 0 Å². The van der Waals surface area contributed by atoms with E-state index in [0.29, 0.717) is 28.9 Å². The van der Waals surface area contributed by atoms with E-state index < -0.39 is 0 Å². The average Bonchev–Trinajstić information content (AvgIpc) is 2.56. The molecule has 3 heteroatoms. The summed E-state index contributed by atoms with van der Waals surface area (Å²) in [6, 6.07) is 17.4. The molecule has 0 unspecified atom stereocenters. The monoisotopic (exact) mass is 292 g/mol. The van der Waals surface area contributed by atoms with E-state index >= 15 is 0 Å². The molecule has 1 aliphatic heterocycles. The molecular formula is C19H16O3. The Labute approximate surface area is 128 Å². The number of hydrogen-bond donors (Lipinski definition) is 0. The first-order valence-corrected chi connectivity index (χ1v) is 7.50. The summed E-state index contributed by atoms with van der Waals surface area (Å²) in [6.45, 7) is 2.11. The number of rotatable bonds is 1. The third-order valence-corrected chi connectivity index (χ3v) is 4.26. The summed E-state index contributed by atoms with van der Waals surface area (Å²) in [4.78, 5) is 12.6. The highest BCUT2D eigenvalue weighted by Gasteiger charge is 2.32. The molecule has 0 spiro atoms. The fourth-order valence-corrected chi connectivity index (χ4v) is 3.13. The normalized spacial score (nSPS) is 20.4. The van der Waals surface area contributed by atoms with Gasteiger partial charge in [-0.25, -0.2) is 0 Å². The lowest BCUT2D eigenvalue weighted by atomic mass is 9.89. The third kappa shape index (κ3) is 2.01. The highest BCUT2D eigenvalue weighted by Crippen LogP contribution is 2.38. The van der Waals surface area contributed by atoms with E-state index in [-0.39, 0.29) is 17.5 Å². The van der Waals surface area contributed by atoms with E-state index in [0.717, 1.165) is 5.56 Å². The first-order valence-electron chi connectivity index (χ1n) is 7.50. The van der Waals surface area contributed by atoms with Crippen LogP contribution in [0.4, 0.5) is 0 Å². The van der Waals surface area contributed by atoms with Crippen LogP contribution in [0.5, 0.6) is 5.95 Å². The van der Waals surface area contributed by atoms with Gasteiger partial charge in [0, 0.05) is 5.92 Å². The molecular weight excluding hydrogens is 276 g/mol. The smallest absolute Gasteiger partial charge is 0.292 e. The van der Waals surface area contributed by atoms with Gasteiger partial charge in [-0.05, 0) is 24.1 Å². The Morgan fingerprint density at radius 1 is 1.00 bits per heavy atom. The summed E-state index contributed by atoms with van der Waals surface area (Å²) in [5.74, 6) is 0.592. The Kier molecular flexibility index (Phi) is 3.00. The summed E-state index contributed by atoms with van der Waals surface area (Å²) in [5, 5.41) is 0.621. The minimum atomic E-state index is -0.0852. The molecule has 0 fully saturated rings. The zero-order valence-corrected chi connectivity index (χ0v) is 12.3. The van der Waals surface area contributed by atoms with Gasteiger partial charge in [-0.3, -0.25) is 4.79 Å². The number of benzene rings is 2. The van der Waals surface area contributed by atoms with Crippen molar-refractivity contribution in [3.8, 4) is 5.95 Å². The number of fused-ring (bicyclic) bond motifs is 2. The molecule has 0 N–H and O–H groups in total. The number of hydrogen-bond acceptors (Lipinski definition) is 3. The molecule has 0 saturated heterocycles. The molecule has 0 amide bonds. The first-order chi connectivity index (χ1) is 10.7. The zero-order chi connectivity index (χ0) is 15.1. The maximum absolute atomic E-state index is 12.6. The number of ether oxygens (including phenoxy) is 1. The fourth-order valence-electron chi connectivity index (χ4n) is 3.13. The zero-order valence-electron chi connectivity index (χ0n) is 12.3. The van der Waals surface area contributed by atoms with Crippen LogP contribution in [0.15, 0.2) is 63.8 Å². The Hall–Kier alpha value is -2.55. The maximum Gasteiger partial charge on any atom is 0.292 e. The molecule has 3 aromatic rings. The van der Waals surface area contributed by atoms with Gasteiger partial charge in [0.15, 0.2) is 5.43 Å². The van der Waals surface area contributed by atoms with Gasteiger partial charge in [0.05, 0.1) is 10.9 Å². The van der Waals surface area contributed by atoms with E-state index in [2.05, 4.69) is 6.92 Å². The van der Waals surface area contributed by atoms with Crippen LogP contribution < -0.4 is 10.2 Å². The Morgan fingerprint density at radius 3 is 2.55 bits per heavy atom. The highest BCUT2D eigenvalue weighted by atomic mass is 16.6. The minimum absolute atomic E-state index is 0.0233. The lowest BCUT2D eigenvalue weighted by molar-refractivity contribution is 0.0876. The van der Waals surface area contributed by atoms with Crippen molar-refractivity contribution in [2.45, 2.75) is 19.4 Å². The Balaban J connectivity index is 1.85. The van der Waals surface area contributed by atoms with Crippen LogP contribution in [0.25, 0.3) is 11.0 Å². The molecule has 2 atom stereocenters. The van der Waals surface area contributed by atoms with Crippen LogP contribution in [0, 0.1) is 5.92 Å². The van der Waals surface area contributed by atoms with Crippen molar-refractivity contribution < 1.29 is 9.15 Å². The standard InChI is InChI=1S/C19H16O3/c1-12-11-15-17(20)14-9-5-6-10-16(14)21-19(15)22-18(12)13-7-3-2-4-8-13/h2-10,12,18H,11H2,1H3/t12-,18-/m0/s1. The molecule has 0 bridgehead atoms. The SMILES string of the molecule is C[C@H]1Cc2c(oc3ccccc3c2=O)O[C@@H]1c1ccccc1. The molecule has 22 heavy (non-hydrogen) atoms. The second kappa shape index (κ2) is 5.02. The summed E-state index contributed by atoms with van der Waals surface area (Å²) < 4.78 is 11.9. The van der Waals surface area contributed by atoms with Gasteiger partial charge in [0.1, 0.15) is 11.7 Å². The topological polar surface area (TPSA) is 39.4 Å². The van der Waals surface area contributed by atoms with Gasteiger partial charge in [-0.1, -0.05) is 49.4 Å². The molecule has 2 heterocycles. The summed E-state index contributed by atoms with van der Waals surface area (Å²) in [6.07, 6.45) is 0.584.